The maximum absolute atomic E-state index is 2.77. The fraction of sp³-hybridized carbons (Fsp3) is 0.647. The van der Waals surface area contributed by atoms with Gasteiger partial charge in [0, 0.05) is 25.0 Å². The zero-order valence-electron chi connectivity index (χ0n) is 11.7. The van der Waals surface area contributed by atoms with Crippen LogP contribution in [0.2, 0.25) is 0 Å². The predicted octanol–water partition coefficient (Wildman–Crippen LogP) is 3.91. The summed E-state index contributed by atoms with van der Waals surface area (Å²) in [6.45, 7) is 7.40. The van der Waals surface area contributed by atoms with Gasteiger partial charge in [-0.2, -0.15) is 0 Å². The molecule has 0 spiro atoms. The molecular formula is C17H25N. The zero-order valence-corrected chi connectivity index (χ0v) is 11.7. The average Bonchev–Trinajstić information content (AvgIpc) is 2.73. The Kier molecular flexibility index (Phi) is 3.43. The van der Waals surface area contributed by atoms with E-state index in [1.54, 1.807) is 5.56 Å². The normalized spacial score (nSPS) is 29.7. The van der Waals surface area contributed by atoms with Crippen molar-refractivity contribution in [3.63, 3.8) is 0 Å². The summed E-state index contributed by atoms with van der Waals surface area (Å²) >= 11 is 0. The van der Waals surface area contributed by atoms with Gasteiger partial charge in [-0.3, -0.25) is 4.90 Å². The molecule has 1 heterocycles. The predicted molar refractivity (Wildman–Crippen MR) is 76.7 cm³/mol. The minimum atomic E-state index is 0.756. The van der Waals surface area contributed by atoms with E-state index in [1.807, 2.05) is 0 Å². The summed E-state index contributed by atoms with van der Waals surface area (Å²) < 4.78 is 0. The topological polar surface area (TPSA) is 3.24 Å². The van der Waals surface area contributed by atoms with Crippen molar-refractivity contribution in [3.05, 3.63) is 35.9 Å². The second-order valence-corrected chi connectivity index (χ2v) is 6.46. The lowest BCUT2D eigenvalue weighted by Crippen LogP contribution is -2.38. The van der Waals surface area contributed by atoms with Crippen molar-refractivity contribution in [2.75, 3.05) is 13.1 Å². The van der Waals surface area contributed by atoms with E-state index >= 15 is 0 Å². The third-order valence-electron chi connectivity index (χ3n) is 5.07. The maximum Gasteiger partial charge on any atom is 0.00956 e. The van der Waals surface area contributed by atoms with E-state index in [4.69, 9.17) is 0 Å². The fourth-order valence-electron chi connectivity index (χ4n) is 3.64. The van der Waals surface area contributed by atoms with Gasteiger partial charge in [-0.15, -0.1) is 0 Å². The molecule has 1 heteroatoms. The summed E-state index contributed by atoms with van der Waals surface area (Å²) in [5.41, 5.74) is 1.55. The fourth-order valence-corrected chi connectivity index (χ4v) is 3.64. The molecule has 18 heavy (non-hydrogen) atoms. The molecule has 3 rings (SSSR count). The first kappa shape index (κ1) is 12.2. The van der Waals surface area contributed by atoms with Crippen molar-refractivity contribution in [1.29, 1.82) is 0 Å². The van der Waals surface area contributed by atoms with Crippen molar-refractivity contribution < 1.29 is 0 Å². The molecule has 1 saturated heterocycles. The van der Waals surface area contributed by atoms with Gasteiger partial charge >= 0.3 is 0 Å². The first-order valence-corrected chi connectivity index (χ1v) is 7.54. The summed E-state index contributed by atoms with van der Waals surface area (Å²) in [5.74, 6) is 2.39. The van der Waals surface area contributed by atoms with Crippen LogP contribution in [0.3, 0.4) is 0 Å². The van der Waals surface area contributed by atoms with Crippen molar-refractivity contribution in [2.24, 2.45) is 11.8 Å². The highest BCUT2D eigenvalue weighted by Gasteiger charge is 2.39. The average molecular weight is 243 g/mol. The van der Waals surface area contributed by atoms with E-state index in [0.29, 0.717) is 0 Å². The van der Waals surface area contributed by atoms with Crippen molar-refractivity contribution in [3.8, 4) is 0 Å². The number of likely N-dealkylation sites (tertiary alicyclic amines) is 1. The van der Waals surface area contributed by atoms with Crippen LogP contribution < -0.4 is 0 Å². The van der Waals surface area contributed by atoms with Gasteiger partial charge in [0.2, 0.25) is 0 Å². The van der Waals surface area contributed by atoms with Crippen LogP contribution in [0.1, 0.15) is 44.6 Å². The summed E-state index contributed by atoms with van der Waals surface area (Å²) in [6, 6.07) is 12.1. The first-order chi connectivity index (χ1) is 8.75. The van der Waals surface area contributed by atoms with Gasteiger partial charge in [-0.1, -0.05) is 50.6 Å². The third kappa shape index (κ3) is 2.21. The molecule has 0 N–H and O–H groups in total. The SMILES string of the molecule is CC(C)C1CN(C2CCC2)CC1c1ccccc1. The van der Waals surface area contributed by atoms with Crippen LogP contribution in [0.25, 0.3) is 0 Å². The van der Waals surface area contributed by atoms with Crippen LogP contribution in [0, 0.1) is 11.8 Å². The zero-order chi connectivity index (χ0) is 12.5. The second-order valence-electron chi connectivity index (χ2n) is 6.46. The highest BCUT2D eigenvalue weighted by Crippen LogP contribution is 2.40. The van der Waals surface area contributed by atoms with E-state index in [9.17, 15) is 0 Å². The molecule has 1 aliphatic carbocycles. The smallest absolute Gasteiger partial charge is 0.00956 e. The lowest BCUT2D eigenvalue weighted by Gasteiger charge is -2.35. The largest absolute Gasteiger partial charge is 0.299 e. The maximum atomic E-state index is 2.77. The van der Waals surface area contributed by atoms with E-state index in [1.165, 1.54) is 32.4 Å². The molecule has 2 atom stereocenters. The van der Waals surface area contributed by atoms with E-state index in [0.717, 1.165) is 23.8 Å². The Morgan fingerprint density at radius 2 is 1.78 bits per heavy atom. The van der Waals surface area contributed by atoms with E-state index < -0.39 is 0 Å². The van der Waals surface area contributed by atoms with E-state index in [2.05, 4.69) is 49.1 Å². The van der Waals surface area contributed by atoms with Gasteiger partial charge in [-0.05, 0) is 30.2 Å². The number of hydrogen-bond acceptors (Lipinski definition) is 1. The number of rotatable bonds is 3. The number of benzene rings is 1. The lowest BCUT2D eigenvalue weighted by molar-refractivity contribution is 0.149. The van der Waals surface area contributed by atoms with Crippen LogP contribution >= 0.6 is 0 Å². The molecule has 2 fully saturated rings. The van der Waals surface area contributed by atoms with Gasteiger partial charge in [0.05, 0.1) is 0 Å². The summed E-state index contributed by atoms with van der Waals surface area (Å²) in [5, 5.41) is 0. The Morgan fingerprint density at radius 3 is 2.33 bits per heavy atom. The highest BCUT2D eigenvalue weighted by molar-refractivity contribution is 5.23. The van der Waals surface area contributed by atoms with Crippen molar-refractivity contribution in [2.45, 2.75) is 45.1 Å². The molecule has 0 amide bonds. The molecule has 98 valence electrons. The molecule has 1 aliphatic heterocycles. The van der Waals surface area contributed by atoms with Gasteiger partial charge < -0.3 is 0 Å². The van der Waals surface area contributed by atoms with Crippen LogP contribution in [0.5, 0.6) is 0 Å². The summed E-state index contributed by atoms with van der Waals surface area (Å²) in [6.07, 6.45) is 4.32. The van der Waals surface area contributed by atoms with Crippen LogP contribution in [-0.2, 0) is 0 Å². The van der Waals surface area contributed by atoms with Crippen molar-refractivity contribution in [1.82, 2.24) is 4.90 Å². The minimum Gasteiger partial charge on any atom is -0.299 e. The van der Waals surface area contributed by atoms with Crippen LogP contribution in [0.15, 0.2) is 30.3 Å². The minimum absolute atomic E-state index is 0.756. The van der Waals surface area contributed by atoms with E-state index in [-0.39, 0.29) is 0 Å². The molecule has 2 unspecified atom stereocenters. The molecule has 0 aromatic heterocycles. The highest BCUT2D eigenvalue weighted by atomic mass is 15.2. The molecule has 0 bridgehead atoms. The number of nitrogens with zero attached hydrogens (tertiary/aromatic N) is 1. The Morgan fingerprint density at radius 1 is 1.06 bits per heavy atom. The van der Waals surface area contributed by atoms with Crippen molar-refractivity contribution >= 4 is 0 Å². The molecule has 1 aromatic rings. The standard InChI is InChI=1S/C17H25N/c1-13(2)16-11-18(15-9-6-10-15)12-17(16)14-7-4-3-5-8-14/h3-5,7-8,13,15-17H,6,9-12H2,1-2H3. The van der Waals surface area contributed by atoms with Crippen LogP contribution in [0.4, 0.5) is 0 Å². The molecular weight excluding hydrogens is 218 g/mol. The van der Waals surface area contributed by atoms with Gasteiger partial charge in [0.1, 0.15) is 0 Å². The molecule has 2 aliphatic rings. The Hall–Kier alpha value is -0.820. The summed E-state index contributed by atoms with van der Waals surface area (Å²) in [7, 11) is 0. The van der Waals surface area contributed by atoms with Gasteiger partial charge in [0.25, 0.3) is 0 Å². The third-order valence-corrected chi connectivity index (χ3v) is 5.07. The van der Waals surface area contributed by atoms with Gasteiger partial charge in [0.15, 0.2) is 0 Å². The quantitative estimate of drug-likeness (QED) is 0.778. The van der Waals surface area contributed by atoms with Crippen LogP contribution in [-0.4, -0.2) is 24.0 Å². The van der Waals surface area contributed by atoms with Gasteiger partial charge in [-0.25, -0.2) is 0 Å². The monoisotopic (exact) mass is 243 g/mol. The molecule has 0 radical (unpaired) electrons. The second kappa shape index (κ2) is 5.05. The molecule has 1 saturated carbocycles. The Labute approximate surface area is 111 Å². The first-order valence-electron chi connectivity index (χ1n) is 7.54. The Balaban J connectivity index is 1.78. The molecule has 1 aromatic carbocycles. The number of hydrogen-bond donors (Lipinski definition) is 0. The molecule has 1 nitrogen and oxygen atoms in total. The lowest BCUT2D eigenvalue weighted by atomic mass is 9.82. The Bertz CT molecular complexity index is 380. The summed E-state index contributed by atoms with van der Waals surface area (Å²) in [4.78, 5) is 2.77.